The molecule has 0 saturated carbocycles. The van der Waals surface area contributed by atoms with Gasteiger partial charge in [-0.3, -0.25) is 4.79 Å². The molecule has 2 rings (SSSR count). The van der Waals surface area contributed by atoms with Crippen LogP contribution in [-0.4, -0.2) is 19.0 Å². The number of amides is 3. The van der Waals surface area contributed by atoms with E-state index in [4.69, 9.17) is 10.5 Å². The van der Waals surface area contributed by atoms with Gasteiger partial charge in [-0.25, -0.2) is 4.79 Å². The van der Waals surface area contributed by atoms with Crippen LogP contribution in [0.1, 0.15) is 15.9 Å². The topological polar surface area (TPSA) is 93.4 Å². The largest absolute Gasteiger partial charge is 0.496 e. The van der Waals surface area contributed by atoms with Crippen LogP contribution in [0.2, 0.25) is 0 Å². The third kappa shape index (κ3) is 3.76. The summed E-state index contributed by atoms with van der Waals surface area (Å²) < 4.78 is 5.21. The monoisotopic (exact) mass is 299 g/mol. The number of carbonyl (C=O) groups is 2. The summed E-state index contributed by atoms with van der Waals surface area (Å²) in [5, 5.41) is 5.31. The van der Waals surface area contributed by atoms with Gasteiger partial charge in [0, 0.05) is 12.1 Å². The first-order valence-corrected chi connectivity index (χ1v) is 6.67. The zero-order valence-electron chi connectivity index (χ0n) is 12.1. The van der Waals surface area contributed by atoms with Crippen molar-refractivity contribution in [2.75, 3.05) is 12.4 Å². The fourth-order valence-corrected chi connectivity index (χ4v) is 2.00. The number of benzene rings is 2. The molecule has 2 aromatic rings. The lowest BCUT2D eigenvalue weighted by molar-refractivity contribution is 0.100. The van der Waals surface area contributed by atoms with Crippen LogP contribution in [0.3, 0.4) is 0 Å². The first kappa shape index (κ1) is 15.4. The maximum Gasteiger partial charge on any atom is 0.319 e. The summed E-state index contributed by atoms with van der Waals surface area (Å²) in [6.45, 7) is 0.300. The zero-order valence-corrected chi connectivity index (χ0v) is 12.1. The Bertz CT molecular complexity index is 686. The van der Waals surface area contributed by atoms with Crippen LogP contribution in [0.5, 0.6) is 5.75 Å². The van der Waals surface area contributed by atoms with Gasteiger partial charge in [0.25, 0.3) is 5.91 Å². The van der Waals surface area contributed by atoms with E-state index in [1.165, 1.54) is 0 Å². The Balaban J connectivity index is 2.01. The summed E-state index contributed by atoms with van der Waals surface area (Å²) in [5.41, 5.74) is 6.74. The number of anilines is 1. The molecule has 4 N–H and O–H groups in total. The molecule has 0 bridgehead atoms. The molecule has 6 heteroatoms. The van der Waals surface area contributed by atoms with Crippen LogP contribution >= 0.6 is 0 Å². The Kier molecular flexibility index (Phi) is 4.98. The number of hydrogen-bond acceptors (Lipinski definition) is 3. The first-order valence-electron chi connectivity index (χ1n) is 6.67. The maximum absolute atomic E-state index is 11.9. The molecule has 0 aliphatic carbocycles. The van der Waals surface area contributed by atoms with Gasteiger partial charge in [-0.05, 0) is 18.2 Å². The first-order chi connectivity index (χ1) is 10.6. The van der Waals surface area contributed by atoms with Crippen molar-refractivity contribution in [1.82, 2.24) is 5.32 Å². The molecule has 2 aromatic carbocycles. The van der Waals surface area contributed by atoms with Gasteiger partial charge in [0.05, 0.1) is 18.4 Å². The van der Waals surface area contributed by atoms with E-state index in [0.717, 1.165) is 5.56 Å². The van der Waals surface area contributed by atoms with E-state index in [0.29, 0.717) is 18.0 Å². The van der Waals surface area contributed by atoms with E-state index < -0.39 is 11.9 Å². The molecule has 0 aliphatic rings. The average Bonchev–Trinajstić information content (AvgIpc) is 2.53. The highest BCUT2D eigenvalue weighted by atomic mass is 16.5. The second-order valence-corrected chi connectivity index (χ2v) is 4.53. The molecule has 0 aliphatic heterocycles. The molecule has 6 nitrogen and oxygen atoms in total. The fourth-order valence-electron chi connectivity index (χ4n) is 2.00. The summed E-state index contributed by atoms with van der Waals surface area (Å²) in [7, 11) is 1.57. The highest BCUT2D eigenvalue weighted by molar-refractivity contribution is 6.02. The highest BCUT2D eigenvalue weighted by Crippen LogP contribution is 2.17. The molecule has 0 aromatic heterocycles. The van der Waals surface area contributed by atoms with Gasteiger partial charge in [-0.15, -0.1) is 0 Å². The van der Waals surface area contributed by atoms with Gasteiger partial charge < -0.3 is 21.1 Å². The predicted molar refractivity (Wildman–Crippen MR) is 83.8 cm³/mol. The van der Waals surface area contributed by atoms with Crippen LogP contribution in [0.4, 0.5) is 10.5 Å². The molecule has 3 amide bonds. The average molecular weight is 299 g/mol. The van der Waals surface area contributed by atoms with Gasteiger partial charge in [-0.2, -0.15) is 0 Å². The molecule has 114 valence electrons. The molecule has 0 heterocycles. The highest BCUT2D eigenvalue weighted by Gasteiger charge is 2.10. The van der Waals surface area contributed by atoms with Crippen molar-refractivity contribution in [2.45, 2.75) is 6.54 Å². The van der Waals surface area contributed by atoms with Gasteiger partial charge in [-0.1, -0.05) is 30.3 Å². The third-order valence-corrected chi connectivity index (χ3v) is 3.07. The second-order valence-electron chi connectivity index (χ2n) is 4.53. The lowest BCUT2D eigenvalue weighted by Gasteiger charge is -2.12. The van der Waals surface area contributed by atoms with Crippen molar-refractivity contribution in [1.29, 1.82) is 0 Å². The van der Waals surface area contributed by atoms with E-state index in [9.17, 15) is 9.59 Å². The van der Waals surface area contributed by atoms with Crippen LogP contribution in [0.25, 0.3) is 0 Å². The number of primary amides is 1. The standard InChI is InChI=1S/C16H17N3O3/c1-22-14-9-5-2-6-11(14)10-18-16(21)19-13-8-4-3-7-12(13)15(17)20/h2-9H,10H2,1H3,(H2,17,20)(H2,18,19,21). The van der Waals surface area contributed by atoms with Gasteiger partial charge >= 0.3 is 6.03 Å². The lowest BCUT2D eigenvalue weighted by atomic mass is 10.1. The normalized spacial score (nSPS) is 9.86. The number of urea groups is 1. The summed E-state index contributed by atoms with van der Waals surface area (Å²) in [6.07, 6.45) is 0. The van der Waals surface area contributed by atoms with Crippen molar-refractivity contribution in [3.8, 4) is 5.75 Å². The minimum absolute atomic E-state index is 0.259. The minimum Gasteiger partial charge on any atom is -0.496 e. The third-order valence-electron chi connectivity index (χ3n) is 3.07. The Morgan fingerprint density at radius 3 is 2.50 bits per heavy atom. The molecule has 0 atom stereocenters. The van der Waals surface area contributed by atoms with E-state index >= 15 is 0 Å². The number of carbonyl (C=O) groups excluding carboxylic acids is 2. The van der Waals surface area contributed by atoms with Crippen LogP contribution < -0.4 is 21.1 Å². The molecule has 0 saturated heterocycles. The Morgan fingerprint density at radius 2 is 1.77 bits per heavy atom. The van der Waals surface area contributed by atoms with E-state index in [1.807, 2.05) is 24.3 Å². The van der Waals surface area contributed by atoms with Crippen LogP contribution in [0, 0.1) is 0 Å². The number of hydrogen-bond donors (Lipinski definition) is 3. The number of para-hydroxylation sites is 2. The van der Waals surface area contributed by atoms with Crippen molar-refractivity contribution < 1.29 is 14.3 Å². The molecule has 22 heavy (non-hydrogen) atoms. The Morgan fingerprint density at radius 1 is 1.09 bits per heavy atom. The summed E-state index contributed by atoms with van der Waals surface area (Å²) in [4.78, 5) is 23.2. The quantitative estimate of drug-likeness (QED) is 0.789. The van der Waals surface area contributed by atoms with Gasteiger partial charge in [0.2, 0.25) is 0 Å². The molecular weight excluding hydrogens is 282 g/mol. The van der Waals surface area contributed by atoms with Crippen LogP contribution in [-0.2, 0) is 6.54 Å². The summed E-state index contributed by atoms with van der Waals surface area (Å²) in [5.74, 6) is 0.0981. The van der Waals surface area contributed by atoms with E-state index in [2.05, 4.69) is 10.6 Å². The zero-order chi connectivity index (χ0) is 15.9. The second kappa shape index (κ2) is 7.12. The number of nitrogens with two attached hydrogens (primary N) is 1. The summed E-state index contributed by atoms with van der Waals surface area (Å²) in [6, 6.07) is 13.5. The van der Waals surface area contributed by atoms with Crippen LogP contribution in [0.15, 0.2) is 48.5 Å². The van der Waals surface area contributed by atoms with Gasteiger partial charge in [0.15, 0.2) is 0 Å². The molecule has 0 unspecified atom stereocenters. The fraction of sp³-hybridized carbons (Fsp3) is 0.125. The Hall–Kier alpha value is -3.02. The number of ether oxygens (including phenoxy) is 1. The SMILES string of the molecule is COc1ccccc1CNC(=O)Nc1ccccc1C(N)=O. The molecular formula is C16H17N3O3. The van der Waals surface area contributed by atoms with Crippen molar-refractivity contribution in [3.63, 3.8) is 0 Å². The number of nitrogens with one attached hydrogen (secondary N) is 2. The molecule has 0 radical (unpaired) electrons. The van der Waals surface area contributed by atoms with Crippen molar-refractivity contribution in [3.05, 3.63) is 59.7 Å². The van der Waals surface area contributed by atoms with Crippen molar-refractivity contribution in [2.24, 2.45) is 5.73 Å². The minimum atomic E-state index is -0.597. The smallest absolute Gasteiger partial charge is 0.319 e. The maximum atomic E-state index is 11.9. The molecule has 0 spiro atoms. The number of methoxy groups -OCH3 is 1. The van der Waals surface area contributed by atoms with Gasteiger partial charge in [0.1, 0.15) is 5.75 Å². The van der Waals surface area contributed by atoms with E-state index in [1.54, 1.807) is 31.4 Å². The Labute approximate surface area is 128 Å². The van der Waals surface area contributed by atoms with E-state index in [-0.39, 0.29) is 5.56 Å². The van der Waals surface area contributed by atoms with Crippen molar-refractivity contribution >= 4 is 17.6 Å². The lowest BCUT2D eigenvalue weighted by Crippen LogP contribution is -2.29. The molecule has 0 fully saturated rings. The summed E-state index contributed by atoms with van der Waals surface area (Å²) >= 11 is 0. The number of rotatable bonds is 5. The predicted octanol–water partition coefficient (Wildman–Crippen LogP) is 2.12.